The van der Waals surface area contributed by atoms with Crippen LogP contribution in [-0.2, 0) is 12.4 Å². The second-order valence-corrected chi connectivity index (χ2v) is 5.96. The summed E-state index contributed by atoms with van der Waals surface area (Å²) in [5.74, 6) is 0. The third kappa shape index (κ3) is 3.72. The first-order valence-electron chi connectivity index (χ1n) is 8.00. The Morgan fingerprint density at radius 1 is 0.571 bits per heavy atom. The highest BCUT2D eigenvalue weighted by Gasteiger charge is 2.46. The maximum absolute atomic E-state index is 13.6. The fraction of sp³-hybridized carbons (Fsp3) is 0.0952. The van der Waals surface area contributed by atoms with Gasteiger partial charge in [0.25, 0.3) is 0 Å². The van der Waals surface area contributed by atoms with Crippen LogP contribution in [0.2, 0.25) is 0 Å². The molecule has 0 aliphatic rings. The summed E-state index contributed by atoms with van der Waals surface area (Å²) in [6.45, 7) is 0. The molecule has 0 saturated heterocycles. The lowest BCUT2D eigenvalue weighted by molar-refractivity contribution is -0.161. The highest BCUT2D eigenvalue weighted by molar-refractivity contribution is 5.75. The Labute approximate surface area is 156 Å². The van der Waals surface area contributed by atoms with Gasteiger partial charge in [0.2, 0.25) is 0 Å². The summed E-state index contributed by atoms with van der Waals surface area (Å²) < 4.78 is 80.8. The van der Waals surface area contributed by atoms with Crippen molar-refractivity contribution < 1.29 is 26.3 Å². The standard InChI is InChI=1S/C21H11F6N/c22-20(23,24)18-16(12-28)10-11-17(19(18)21(25,26)27)15-8-6-14(7-9-15)13-4-2-1-3-5-13/h1-11H. The molecule has 0 aromatic heterocycles. The number of hydrogen-bond acceptors (Lipinski definition) is 1. The Hall–Kier alpha value is -3.27. The lowest BCUT2D eigenvalue weighted by Gasteiger charge is -2.20. The SMILES string of the molecule is N#Cc1ccc(-c2ccc(-c3ccccc3)cc2)c(C(F)(F)F)c1C(F)(F)F. The van der Waals surface area contributed by atoms with Gasteiger partial charge in [0.1, 0.15) is 0 Å². The number of alkyl halides is 6. The number of nitriles is 1. The molecule has 0 amide bonds. The first-order valence-corrected chi connectivity index (χ1v) is 8.00. The monoisotopic (exact) mass is 391 g/mol. The van der Waals surface area contributed by atoms with E-state index in [1.807, 2.05) is 6.07 Å². The number of halogens is 6. The van der Waals surface area contributed by atoms with Gasteiger partial charge in [-0.15, -0.1) is 0 Å². The third-order valence-electron chi connectivity index (χ3n) is 4.20. The average Bonchev–Trinajstić information content (AvgIpc) is 2.66. The van der Waals surface area contributed by atoms with E-state index in [1.165, 1.54) is 30.3 Å². The first kappa shape index (κ1) is 19.5. The molecule has 3 aromatic carbocycles. The Morgan fingerprint density at radius 2 is 1.07 bits per heavy atom. The topological polar surface area (TPSA) is 23.8 Å². The second kappa shape index (κ2) is 7.04. The molecule has 142 valence electrons. The summed E-state index contributed by atoms with van der Waals surface area (Å²) in [6.07, 6.45) is -10.6. The Balaban J connectivity index is 2.21. The predicted molar refractivity (Wildman–Crippen MR) is 92.0 cm³/mol. The number of rotatable bonds is 2. The third-order valence-corrected chi connectivity index (χ3v) is 4.20. The minimum Gasteiger partial charge on any atom is -0.192 e. The summed E-state index contributed by atoms with van der Waals surface area (Å²) in [4.78, 5) is 0. The van der Waals surface area contributed by atoms with Crippen LogP contribution in [0.3, 0.4) is 0 Å². The van der Waals surface area contributed by atoms with Crippen molar-refractivity contribution in [2.75, 3.05) is 0 Å². The van der Waals surface area contributed by atoms with Crippen LogP contribution in [0.4, 0.5) is 26.3 Å². The molecule has 0 aliphatic carbocycles. The molecule has 0 bridgehead atoms. The van der Waals surface area contributed by atoms with Gasteiger partial charge >= 0.3 is 12.4 Å². The van der Waals surface area contributed by atoms with Gasteiger partial charge in [-0.25, -0.2) is 0 Å². The van der Waals surface area contributed by atoms with Gasteiger partial charge in [0, 0.05) is 0 Å². The molecule has 0 unspecified atom stereocenters. The minimum atomic E-state index is -5.32. The van der Waals surface area contributed by atoms with Crippen molar-refractivity contribution >= 4 is 0 Å². The van der Waals surface area contributed by atoms with Crippen LogP contribution in [0, 0.1) is 11.3 Å². The molecule has 0 fully saturated rings. The van der Waals surface area contributed by atoms with Crippen molar-refractivity contribution in [3.63, 3.8) is 0 Å². The molecule has 3 rings (SSSR count). The van der Waals surface area contributed by atoms with Gasteiger partial charge < -0.3 is 0 Å². The van der Waals surface area contributed by atoms with Gasteiger partial charge in [-0.1, -0.05) is 60.7 Å². The van der Waals surface area contributed by atoms with Gasteiger partial charge in [-0.3, -0.25) is 0 Å². The zero-order chi connectivity index (χ0) is 20.5. The molecule has 7 heteroatoms. The maximum Gasteiger partial charge on any atom is 0.418 e. The maximum atomic E-state index is 13.6. The van der Waals surface area contributed by atoms with Crippen molar-refractivity contribution in [1.29, 1.82) is 5.26 Å². The van der Waals surface area contributed by atoms with Crippen molar-refractivity contribution in [1.82, 2.24) is 0 Å². The van der Waals surface area contributed by atoms with Gasteiger partial charge in [-0.05, 0) is 28.3 Å². The van der Waals surface area contributed by atoms with E-state index in [0.29, 0.717) is 5.56 Å². The number of benzene rings is 3. The van der Waals surface area contributed by atoms with Crippen molar-refractivity contribution in [3.05, 3.63) is 83.4 Å². The fourth-order valence-electron chi connectivity index (χ4n) is 3.00. The van der Waals surface area contributed by atoms with E-state index >= 15 is 0 Å². The molecular formula is C21H11F6N. The van der Waals surface area contributed by atoms with Crippen LogP contribution in [0.5, 0.6) is 0 Å². The molecule has 0 radical (unpaired) electrons. The zero-order valence-electron chi connectivity index (χ0n) is 14.1. The van der Waals surface area contributed by atoms with Crippen LogP contribution < -0.4 is 0 Å². The van der Waals surface area contributed by atoms with Crippen molar-refractivity contribution in [2.24, 2.45) is 0 Å². The highest BCUT2D eigenvalue weighted by Crippen LogP contribution is 2.46. The largest absolute Gasteiger partial charge is 0.418 e. The van der Waals surface area contributed by atoms with Crippen molar-refractivity contribution in [3.8, 4) is 28.3 Å². The highest BCUT2D eigenvalue weighted by atomic mass is 19.4. The lowest BCUT2D eigenvalue weighted by Crippen LogP contribution is -2.19. The summed E-state index contributed by atoms with van der Waals surface area (Å²) in [5.41, 5.74) is -4.01. The van der Waals surface area contributed by atoms with E-state index in [4.69, 9.17) is 5.26 Å². The van der Waals surface area contributed by atoms with Crippen LogP contribution in [0.25, 0.3) is 22.3 Å². The normalized spacial score (nSPS) is 11.9. The van der Waals surface area contributed by atoms with Crippen LogP contribution in [-0.4, -0.2) is 0 Å². The summed E-state index contributed by atoms with van der Waals surface area (Å²) in [5, 5.41) is 8.88. The van der Waals surface area contributed by atoms with Crippen LogP contribution >= 0.6 is 0 Å². The number of nitrogens with zero attached hydrogens (tertiary/aromatic N) is 1. The summed E-state index contributed by atoms with van der Waals surface area (Å²) in [6, 6.07) is 17.6. The Kier molecular flexibility index (Phi) is 4.90. The van der Waals surface area contributed by atoms with E-state index in [-0.39, 0.29) is 5.56 Å². The first-order chi connectivity index (χ1) is 13.1. The van der Waals surface area contributed by atoms with E-state index in [9.17, 15) is 26.3 Å². The summed E-state index contributed by atoms with van der Waals surface area (Å²) in [7, 11) is 0. The Bertz CT molecular complexity index is 1030. The fourth-order valence-corrected chi connectivity index (χ4v) is 3.00. The predicted octanol–water partition coefficient (Wildman–Crippen LogP) is 6.93. The minimum absolute atomic E-state index is 0.0259. The molecule has 0 spiro atoms. The average molecular weight is 391 g/mol. The molecule has 0 saturated carbocycles. The zero-order valence-corrected chi connectivity index (χ0v) is 14.1. The number of hydrogen-bond donors (Lipinski definition) is 0. The van der Waals surface area contributed by atoms with E-state index in [0.717, 1.165) is 17.7 Å². The molecule has 3 aromatic rings. The Morgan fingerprint density at radius 3 is 1.57 bits per heavy atom. The van der Waals surface area contributed by atoms with Gasteiger partial charge in [-0.2, -0.15) is 31.6 Å². The lowest BCUT2D eigenvalue weighted by atomic mass is 9.90. The van der Waals surface area contributed by atoms with E-state index < -0.39 is 34.6 Å². The molecule has 0 N–H and O–H groups in total. The smallest absolute Gasteiger partial charge is 0.192 e. The van der Waals surface area contributed by atoms with Gasteiger partial charge in [0.15, 0.2) is 0 Å². The van der Waals surface area contributed by atoms with Crippen LogP contribution in [0.1, 0.15) is 16.7 Å². The molecular weight excluding hydrogens is 380 g/mol. The van der Waals surface area contributed by atoms with Crippen LogP contribution in [0.15, 0.2) is 66.7 Å². The molecule has 0 heterocycles. The van der Waals surface area contributed by atoms with E-state index in [1.54, 1.807) is 24.3 Å². The summed E-state index contributed by atoms with van der Waals surface area (Å²) >= 11 is 0. The quantitative estimate of drug-likeness (QED) is 0.435. The molecule has 28 heavy (non-hydrogen) atoms. The molecule has 0 aliphatic heterocycles. The second-order valence-electron chi connectivity index (χ2n) is 5.96. The van der Waals surface area contributed by atoms with E-state index in [2.05, 4.69) is 0 Å². The molecule has 1 nitrogen and oxygen atoms in total. The molecule has 0 atom stereocenters. The van der Waals surface area contributed by atoms with Gasteiger partial charge in [0.05, 0.1) is 22.8 Å². The van der Waals surface area contributed by atoms with Crippen molar-refractivity contribution in [2.45, 2.75) is 12.4 Å².